The molecule has 0 aromatic heterocycles. The Hall–Kier alpha value is -2.43. The van der Waals surface area contributed by atoms with E-state index in [0.717, 1.165) is 38.5 Å². The predicted molar refractivity (Wildman–Crippen MR) is 111 cm³/mol. The molecule has 1 N–H and O–H groups in total. The van der Waals surface area contributed by atoms with Gasteiger partial charge in [-0.3, -0.25) is 0 Å². The molecule has 10 heteroatoms. The van der Waals surface area contributed by atoms with Gasteiger partial charge in [-0.25, -0.2) is 9.59 Å². The summed E-state index contributed by atoms with van der Waals surface area (Å²) in [6.07, 6.45) is -6.34. The Bertz CT molecular complexity index is 961. The van der Waals surface area contributed by atoms with Crippen LogP contribution in [0.4, 0.5) is 13.2 Å². The van der Waals surface area contributed by atoms with Crippen molar-refractivity contribution in [2.45, 2.75) is 81.3 Å². The number of esters is 2. The maximum absolute atomic E-state index is 14.3. The molecule has 6 atom stereocenters. The summed E-state index contributed by atoms with van der Waals surface area (Å²) in [5, 5.41) is 10.5. The SMILES string of the molecule is CCCCCC[C@H]1OC(=O)C2=C1[C@@H](OC(=O)[C@](OC)(c1ccccc1)C(F)(F)F)[C@@H]1O[C@@H]1[C@@H]2O. The molecule has 0 bridgehead atoms. The Morgan fingerprint density at radius 3 is 2.44 bits per heavy atom. The van der Waals surface area contributed by atoms with Crippen molar-refractivity contribution in [2.75, 3.05) is 7.11 Å². The normalized spacial score (nSPS) is 29.7. The van der Waals surface area contributed by atoms with E-state index in [1.807, 2.05) is 6.92 Å². The van der Waals surface area contributed by atoms with Gasteiger partial charge in [-0.1, -0.05) is 56.5 Å². The third kappa shape index (κ3) is 4.01. The molecule has 0 unspecified atom stereocenters. The van der Waals surface area contributed by atoms with Crippen molar-refractivity contribution in [3.05, 3.63) is 47.0 Å². The average Bonchev–Trinajstić information content (AvgIpc) is 3.53. The van der Waals surface area contributed by atoms with Crippen molar-refractivity contribution in [3.8, 4) is 0 Å². The lowest BCUT2D eigenvalue weighted by atomic mass is 9.84. The van der Waals surface area contributed by atoms with Gasteiger partial charge in [0.25, 0.3) is 5.60 Å². The number of alkyl halides is 3. The number of benzene rings is 1. The molecule has 0 radical (unpaired) electrons. The summed E-state index contributed by atoms with van der Waals surface area (Å²) in [5.74, 6) is -2.45. The van der Waals surface area contributed by atoms with Gasteiger partial charge in [0.15, 0.2) is 6.10 Å². The summed E-state index contributed by atoms with van der Waals surface area (Å²) in [4.78, 5) is 25.7. The Morgan fingerprint density at radius 2 is 1.82 bits per heavy atom. The van der Waals surface area contributed by atoms with Crippen molar-refractivity contribution in [1.29, 1.82) is 0 Å². The van der Waals surface area contributed by atoms with Crippen LogP contribution in [0.1, 0.15) is 44.6 Å². The molecular weight excluding hydrogens is 457 g/mol. The van der Waals surface area contributed by atoms with Crippen LogP contribution in [0.2, 0.25) is 0 Å². The maximum atomic E-state index is 14.3. The van der Waals surface area contributed by atoms with Gasteiger partial charge in [-0.05, 0) is 12.8 Å². The zero-order valence-corrected chi connectivity index (χ0v) is 18.8. The second-order valence-electron chi connectivity index (χ2n) is 8.70. The van der Waals surface area contributed by atoms with Crippen LogP contribution < -0.4 is 0 Å². The molecule has 0 amide bonds. The van der Waals surface area contributed by atoms with Gasteiger partial charge in [-0.15, -0.1) is 0 Å². The number of unbranched alkanes of at least 4 members (excludes halogenated alkanes) is 3. The van der Waals surface area contributed by atoms with Crippen LogP contribution in [0.25, 0.3) is 0 Å². The molecule has 4 rings (SSSR count). The van der Waals surface area contributed by atoms with Crippen LogP contribution in [0.15, 0.2) is 41.5 Å². The molecule has 1 saturated heterocycles. The zero-order chi connectivity index (χ0) is 24.7. The quantitative estimate of drug-likeness (QED) is 0.326. The highest BCUT2D eigenvalue weighted by Crippen LogP contribution is 2.49. The number of hydrogen-bond acceptors (Lipinski definition) is 7. The van der Waals surface area contributed by atoms with Crippen LogP contribution in [-0.4, -0.2) is 60.9 Å². The number of aliphatic hydroxyl groups is 1. The standard InChI is InChI=1S/C24H27F3O7/c1-3-4-5-9-12-14-15-16(21(29)32-14)17(28)19-20(33-19)18(15)34-22(30)23(31-2,24(25,26)27)13-10-7-6-8-11-13/h6-8,10-11,14,17-20,28H,3-5,9,12H2,1-2H3/t14-,17-,18-,19-,20+,23-/m1/s1. The maximum Gasteiger partial charge on any atom is 0.432 e. The van der Waals surface area contributed by atoms with Gasteiger partial charge in [0.1, 0.15) is 24.4 Å². The van der Waals surface area contributed by atoms with Crippen LogP contribution >= 0.6 is 0 Å². The van der Waals surface area contributed by atoms with Crippen molar-refractivity contribution in [3.63, 3.8) is 0 Å². The molecule has 2 aliphatic heterocycles. The van der Waals surface area contributed by atoms with Gasteiger partial charge in [0.2, 0.25) is 0 Å². The highest BCUT2D eigenvalue weighted by molar-refractivity contribution is 5.95. The van der Waals surface area contributed by atoms with Crippen LogP contribution in [0, 0.1) is 0 Å². The number of cyclic esters (lactones) is 1. The number of carbonyl (C=O) groups excluding carboxylic acids is 2. The van der Waals surface area contributed by atoms with Crippen LogP contribution in [-0.2, 0) is 34.1 Å². The number of epoxide rings is 1. The third-order valence-corrected chi connectivity index (χ3v) is 6.63. The number of ether oxygens (including phenoxy) is 4. The van der Waals surface area contributed by atoms with Gasteiger partial charge in [0, 0.05) is 18.2 Å². The molecule has 3 aliphatic rings. The van der Waals surface area contributed by atoms with Gasteiger partial charge < -0.3 is 24.1 Å². The van der Waals surface area contributed by atoms with Gasteiger partial charge in [-0.2, -0.15) is 13.2 Å². The fourth-order valence-electron chi connectivity index (χ4n) is 4.84. The number of aliphatic hydroxyl groups excluding tert-OH is 1. The second kappa shape index (κ2) is 9.31. The molecule has 1 fully saturated rings. The lowest BCUT2D eigenvalue weighted by Crippen LogP contribution is -2.53. The summed E-state index contributed by atoms with van der Waals surface area (Å²) in [5.41, 5.74) is -3.73. The lowest BCUT2D eigenvalue weighted by molar-refractivity contribution is -0.278. The molecule has 186 valence electrons. The molecule has 34 heavy (non-hydrogen) atoms. The third-order valence-electron chi connectivity index (χ3n) is 6.63. The molecule has 1 aliphatic carbocycles. The smallest absolute Gasteiger partial charge is 0.432 e. The molecule has 1 aromatic rings. The summed E-state index contributed by atoms with van der Waals surface area (Å²) < 4.78 is 64.0. The Morgan fingerprint density at radius 1 is 1.12 bits per heavy atom. The van der Waals surface area contributed by atoms with Gasteiger partial charge >= 0.3 is 18.1 Å². The van der Waals surface area contributed by atoms with E-state index in [1.165, 1.54) is 18.2 Å². The largest absolute Gasteiger partial charge is 0.454 e. The van der Waals surface area contributed by atoms with E-state index in [0.29, 0.717) is 12.8 Å². The highest BCUT2D eigenvalue weighted by atomic mass is 19.4. The minimum Gasteiger partial charge on any atom is -0.454 e. The van der Waals surface area contributed by atoms with E-state index in [9.17, 15) is 27.9 Å². The summed E-state index contributed by atoms with van der Waals surface area (Å²) in [7, 11) is 0.784. The van der Waals surface area contributed by atoms with Crippen LogP contribution in [0.3, 0.4) is 0 Å². The fraction of sp³-hybridized carbons (Fsp3) is 0.583. The van der Waals surface area contributed by atoms with E-state index in [4.69, 9.17) is 18.9 Å². The predicted octanol–water partition coefficient (Wildman–Crippen LogP) is 3.34. The summed E-state index contributed by atoms with van der Waals surface area (Å²) in [6, 6.07) is 6.48. The number of halogens is 3. The number of methoxy groups -OCH3 is 1. The minimum absolute atomic E-state index is 0.0909. The number of rotatable bonds is 9. The van der Waals surface area contributed by atoms with Crippen molar-refractivity contribution >= 4 is 11.9 Å². The fourth-order valence-corrected chi connectivity index (χ4v) is 4.84. The van der Waals surface area contributed by atoms with Crippen molar-refractivity contribution in [1.82, 2.24) is 0 Å². The summed E-state index contributed by atoms with van der Waals surface area (Å²) >= 11 is 0. The zero-order valence-electron chi connectivity index (χ0n) is 18.8. The second-order valence-corrected chi connectivity index (χ2v) is 8.70. The molecule has 2 heterocycles. The summed E-state index contributed by atoms with van der Waals surface area (Å²) in [6.45, 7) is 2.04. The molecule has 0 spiro atoms. The van der Waals surface area contributed by atoms with E-state index >= 15 is 0 Å². The topological polar surface area (TPSA) is 94.6 Å². The molecule has 1 aromatic carbocycles. The first-order valence-corrected chi connectivity index (χ1v) is 11.3. The van der Waals surface area contributed by atoms with E-state index in [-0.39, 0.29) is 11.1 Å². The lowest BCUT2D eigenvalue weighted by Gasteiger charge is -2.35. The van der Waals surface area contributed by atoms with E-state index < -0.39 is 59.8 Å². The van der Waals surface area contributed by atoms with E-state index in [1.54, 1.807) is 0 Å². The Labute approximate surface area is 194 Å². The first kappa shape index (κ1) is 24.7. The minimum atomic E-state index is -5.14. The average molecular weight is 484 g/mol. The highest BCUT2D eigenvalue weighted by Gasteiger charge is 2.67. The number of fused-ring (bicyclic) bond motifs is 1. The van der Waals surface area contributed by atoms with Crippen molar-refractivity contribution < 1.29 is 46.8 Å². The Kier molecular flexibility index (Phi) is 6.76. The number of carbonyl (C=O) groups is 2. The van der Waals surface area contributed by atoms with Crippen LogP contribution in [0.5, 0.6) is 0 Å². The molecule has 7 nitrogen and oxygen atoms in total. The van der Waals surface area contributed by atoms with Gasteiger partial charge in [0.05, 0.1) is 5.57 Å². The van der Waals surface area contributed by atoms with Crippen molar-refractivity contribution in [2.24, 2.45) is 0 Å². The molecular formula is C24H27F3O7. The van der Waals surface area contributed by atoms with E-state index in [2.05, 4.69) is 0 Å². The monoisotopic (exact) mass is 484 g/mol. The first-order valence-electron chi connectivity index (χ1n) is 11.3. The Balaban J connectivity index is 1.67. The molecule has 0 saturated carbocycles. The first-order chi connectivity index (χ1) is 16.2. The number of hydrogen-bond donors (Lipinski definition) is 1.